The number of nitrogens with two attached hydrogens (primary N) is 1. The molecule has 0 aliphatic carbocycles. The zero-order valence-electron chi connectivity index (χ0n) is 14.0. The summed E-state index contributed by atoms with van der Waals surface area (Å²) in [5.74, 6) is 0.260. The van der Waals surface area contributed by atoms with Crippen LogP contribution in [0, 0.1) is 11.3 Å². The van der Waals surface area contributed by atoms with E-state index in [1.807, 2.05) is 0 Å². The number of nitrogens with one attached hydrogen (secondary N) is 4. The molecule has 0 spiro atoms. The Balaban J connectivity index is 2.24. The lowest BCUT2D eigenvalue weighted by molar-refractivity contribution is -0.118. The average molecular weight is 311 g/mol. The summed E-state index contributed by atoms with van der Waals surface area (Å²) in [6.07, 6.45) is 2.78. The third-order valence-electron chi connectivity index (χ3n) is 3.66. The van der Waals surface area contributed by atoms with Gasteiger partial charge in [0.05, 0.1) is 0 Å². The van der Waals surface area contributed by atoms with Gasteiger partial charge in [0.25, 0.3) is 0 Å². The van der Waals surface area contributed by atoms with Gasteiger partial charge in [0, 0.05) is 18.3 Å². The van der Waals surface area contributed by atoms with Crippen LogP contribution in [0.5, 0.6) is 0 Å². The van der Waals surface area contributed by atoms with Crippen LogP contribution in [-0.4, -0.2) is 31.3 Å². The van der Waals surface area contributed by atoms with Crippen molar-refractivity contribution >= 4 is 11.9 Å². The highest BCUT2D eigenvalue weighted by Gasteiger charge is 2.20. The van der Waals surface area contributed by atoms with Crippen molar-refractivity contribution in [2.75, 3.05) is 13.1 Å². The molecule has 2 atom stereocenters. The van der Waals surface area contributed by atoms with Crippen molar-refractivity contribution < 1.29 is 9.59 Å². The van der Waals surface area contributed by atoms with Crippen LogP contribution in [0.25, 0.3) is 0 Å². The molecule has 126 valence electrons. The van der Waals surface area contributed by atoms with E-state index in [0.29, 0.717) is 24.7 Å². The van der Waals surface area contributed by atoms with E-state index in [2.05, 4.69) is 42.0 Å². The van der Waals surface area contributed by atoms with Gasteiger partial charge in [-0.1, -0.05) is 20.8 Å². The maximum absolute atomic E-state index is 11.8. The quantitative estimate of drug-likeness (QED) is 0.474. The molecule has 0 saturated carbocycles. The summed E-state index contributed by atoms with van der Waals surface area (Å²) >= 11 is 0. The van der Waals surface area contributed by atoms with Crippen LogP contribution >= 0.6 is 0 Å². The van der Waals surface area contributed by atoms with E-state index in [4.69, 9.17) is 5.73 Å². The molecule has 0 aromatic heterocycles. The van der Waals surface area contributed by atoms with Crippen molar-refractivity contribution in [3.63, 3.8) is 0 Å². The highest BCUT2D eigenvalue weighted by atomic mass is 16.2. The number of hydrogen-bond donors (Lipinski definition) is 5. The summed E-state index contributed by atoms with van der Waals surface area (Å²) in [4.78, 5) is 23.1. The number of allylic oxidation sites excluding steroid dienone is 1. The molecular formula is C15H29N5O2. The lowest BCUT2D eigenvalue weighted by Gasteiger charge is -2.27. The third kappa shape index (κ3) is 6.80. The molecule has 7 nitrogen and oxygen atoms in total. The first-order chi connectivity index (χ1) is 10.2. The Hall–Kier alpha value is -1.76. The van der Waals surface area contributed by atoms with Gasteiger partial charge in [-0.25, -0.2) is 4.79 Å². The molecule has 1 heterocycles. The number of amides is 3. The fraction of sp³-hybridized carbons (Fsp3) is 0.733. The minimum atomic E-state index is -0.578. The van der Waals surface area contributed by atoms with E-state index < -0.39 is 6.29 Å². The smallest absolute Gasteiger partial charge is 0.317 e. The van der Waals surface area contributed by atoms with Gasteiger partial charge in [-0.3, -0.25) is 4.79 Å². The maximum atomic E-state index is 11.8. The van der Waals surface area contributed by atoms with Crippen LogP contribution in [0.2, 0.25) is 0 Å². The highest BCUT2D eigenvalue weighted by molar-refractivity contribution is 5.89. The van der Waals surface area contributed by atoms with Gasteiger partial charge in [-0.15, -0.1) is 0 Å². The Kier molecular flexibility index (Phi) is 6.67. The molecule has 0 aromatic rings. The first kappa shape index (κ1) is 18.3. The van der Waals surface area contributed by atoms with Crippen molar-refractivity contribution in [1.29, 1.82) is 0 Å². The van der Waals surface area contributed by atoms with Gasteiger partial charge < -0.3 is 27.0 Å². The van der Waals surface area contributed by atoms with E-state index in [0.717, 1.165) is 12.8 Å². The molecule has 22 heavy (non-hydrogen) atoms. The first-order valence-corrected chi connectivity index (χ1v) is 7.71. The van der Waals surface area contributed by atoms with Gasteiger partial charge in [-0.05, 0) is 37.6 Å². The van der Waals surface area contributed by atoms with Crippen LogP contribution in [0.1, 0.15) is 40.5 Å². The number of urea groups is 1. The van der Waals surface area contributed by atoms with E-state index in [-0.39, 0.29) is 17.4 Å². The van der Waals surface area contributed by atoms with Crippen molar-refractivity contribution in [2.45, 2.75) is 46.8 Å². The van der Waals surface area contributed by atoms with Crippen LogP contribution in [0.3, 0.4) is 0 Å². The number of rotatable bonds is 7. The maximum Gasteiger partial charge on any atom is 0.317 e. The van der Waals surface area contributed by atoms with E-state index in [9.17, 15) is 9.59 Å². The Bertz CT molecular complexity index is 434. The topological polar surface area (TPSA) is 108 Å². The molecule has 0 radical (unpaired) electrons. The summed E-state index contributed by atoms with van der Waals surface area (Å²) in [5, 5.41) is 11.0. The predicted octanol–water partition coefficient (Wildman–Crippen LogP) is 0.594. The van der Waals surface area contributed by atoms with E-state index in [1.54, 1.807) is 6.92 Å². The van der Waals surface area contributed by atoms with Crippen molar-refractivity contribution in [3.05, 3.63) is 11.8 Å². The minimum Gasteiger partial charge on any atom is -0.352 e. The molecule has 0 bridgehead atoms. The average Bonchev–Trinajstić information content (AvgIpc) is 2.36. The number of carbonyl (C=O) groups excluding carboxylic acids is 2. The fourth-order valence-corrected chi connectivity index (χ4v) is 2.50. The molecule has 7 heteroatoms. The second-order valence-electron chi connectivity index (χ2n) is 6.78. The lowest BCUT2D eigenvalue weighted by atomic mass is 9.82. The molecular weight excluding hydrogens is 282 g/mol. The number of carbonyl (C=O) groups is 2. The molecule has 3 amide bonds. The predicted molar refractivity (Wildman–Crippen MR) is 86.6 cm³/mol. The van der Waals surface area contributed by atoms with E-state index >= 15 is 0 Å². The molecule has 1 rings (SSSR count). The van der Waals surface area contributed by atoms with Gasteiger partial charge >= 0.3 is 6.03 Å². The molecule has 6 N–H and O–H groups in total. The number of hydrogen-bond acceptors (Lipinski definition) is 4. The zero-order chi connectivity index (χ0) is 16.8. The largest absolute Gasteiger partial charge is 0.352 e. The second kappa shape index (κ2) is 8.03. The van der Waals surface area contributed by atoms with Gasteiger partial charge in [0.2, 0.25) is 5.91 Å². The van der Waals surface area contributed by atoms with Gasteiger partial charge in [0.1, 0.15) is 0 Å². The Morgan fingerprint density at radius 1 is 1.45 bits per heavy atom. The Morgan fingerprint density at radius 2 is 2.14 bits per heavy atom. The van der Waals surface area contributed by atoms with Crippen molar-refractivity contribution in [1.82, 2.24) is 21.3 Å². The summed E-state index contributed by atoms with van der Waals surface area (Å²) in [7, 11) is 0. The molecule has 0 fully saturated rings. The molecule has 0 aromatic carbocycles. The molecule has 2 unspecified atom stereocenters. The van der Waals surface area contributed by atoms with Gasteiger partial charge in [-0.2, -0.15) is 0 Å². The lowest BCUT2D eigenvalue weighted by Crippen LogP contribution is -2.59. The zero-order valence-corrected chi connectivity index (χ0v) is 14.0. The Morgan fingerprint density at radius 3 is 2.73 bits per heavy atom. The van der Waals surface area contributed by atoms with Crippen molar-refractivity contribution in [2.24, 2.45) is 17.1 Å². The molecule has 1 aliphatic heterocycles. The van der Waals surface area contributed by atoms with E-state index in [1.165, 1.54) is 6.08 Å². The third-order valence-corrected chi connectivity index (χ3v) is 3.66. The van der Waals surface area contributed by atoms with Crippen LogP contribution < -0.4 is 27.0 Å². The summed E-state index contributed by atoms with van der Waals surface area (Å²) in [6, 6.07) is -0.308. The monoisotopic (exact) mass is 311 g/mol. The standard InChI is InChI=1S/C15H29N5O2/c1-10(8-15(3,4)9-16)5-6-17-14(22)20-13-18-11(2)7-12(21)19-13/h7,10,13,18H,5-6,8-9,16H2,1-4H3,(H,19,21)(H2,17,20,22). The molecule has 1 aliphatic rings. The van der Waals surface area contributed by atoms with Crippen LogP contribution in [-0.2, 0) is 4.79 Å². The first-order valence-electron chi connectivity index (χ1n) is 7.71. The van der Waals surface area contributed by atoms with Gasteiger partial charge in [0.15, 0.2) is 6.29 Å². The summed E-state index contributed by atoms with van der Waals surface area (Å²) in [5.41, 5.74) is 6.57. The minimum absolute atomic E-state index is 0.127. The highest BCUT2D eigenvalue weighted by Crippen LogP contribution is 2.25. The summed E-state index contributed by atoms with van der Waals surface area (Å²) in [6.45, 7) is 9.47. The van der Waals surface area contributed by atoms with Crippen molar-refractivity contribution in [3.8, 4) is 0 Å². The second-order valence-corrected chi connectivity index (χ2v) is 6.78. The normalized spacial score (nSPS) is 19.6. The molecule has 0 saturated heterocycles. The van der Waals surface area contributed by atoms with Crippen LogP contribution in [0.4, 0.5) is 4.79 Å². The summed E-state index contributed by atoms with van der Waals surface area (Å²) < 4.78 is 0. The van der Waals surface area contributed by atoms with Crippen LogP contribution in [0.15, 0.2) is 11.8 Å². The fourth-order valence-electron chi connectivity index (χ4n) is 2.50. The SMILES string of the molecule is CC1=CC(=O)NC(NC(=O)NCCC(C)CC(C)(C)CN)N1. The Labute approximate surface area is 132 Å².